The van der Waals surface area contributed by atoms with Gasteiger partial charge in [0, 0.05) is 10.4 Å². The maximum absolute atomic E-state index is 13.3. The second kappa shape index (κ2) is 10.6. The summed E-state index contributed by atoms with van der Waals surface area (Å²) in [4.78, 5) is 14.1. The highest BCUT2D eigenvalue weighted by atomic mass is 32.1. The number of halogens is 3. The zero-order chi connectivity index (χ0) is 26.7. The van der Waals surface area contributed by atoms with Crippen LogP contribution in [0.1, 0.15) is 21.5 Å². The van der Waals surface area contributed by atoms with E-state index in [9.17, 15) is 18.0 Å². The van der Waals surface area contributed by atoms with Crippen LogP contribution in [0.25, 0.3) is 32.7 Å². The second-order valence-electron chi connectivity index (χ2n) is 8.63. The molecule has 38 heavy (non-hydrogen) atoms. The molecule has 1 heterocycles. The lowest BCUT2D eigenvalue weighted by Crippen LogP contribution is -2.09. The summed E-state index contributed by atoms with van der Waals surface area (Å²) in [6, 6.07) is 32.0. The summed E-state index contributed by atoms with van der Waals surface area (Å²) in [5.74, 6) is -0.694. The summed E-state index contributed by atoms with van der Waals surface area (Å²) in [6.45, 7) is -0.314. The molecule has 0 fully saturated rings. The molecule has 3 nitrogen and oxygen atoms in total. The molecule has 0 spiro atoms. The van der Waals surface area contributed by atoms with Gasteiger partial charge in [-0.15, -0.1) is 11.3 Å². The largest absolute Gasteiger partial charge is 0.457 e. The Balaban J connectivity index is 1.51. The first-order valence-corrected chi connectivity index (χ1v) is 12.6. The van der Waals surface area contributed by atoms with E-state index >= 15 is 0 Å². The lowest BCUT2D eigenvalue weighted by atomic mass is 9.96. The second-order valence-corrected chi connectivity index (χ2v) is 9.68. The molecule has 0 unspecified atom stereocenters. The van der Waals surface area contributed by atoms with Crippen molar-refractivity contribution < 1.29 is 22.7 Å². The first-order chi connectivity index (χ1) is 18.3. The molecule has 0 aliphatic heterocycles. The number of carbonyl (C=O) groups is 1. The highest BCUT2D eigenvalue weighted by Gasteiger charge is 2.30. The van der Waals surface area contributed by atoms with Crippen LogP contribution in [0, 0.1) is 0 Å². The minimum absolute atomic E-state index is 0.202. The number of nitrogens with two attached hydrogens (primary N) is 1. The smallest absolute Gasteiger partial charge is 0.416 e. The van der Waals surface area contributed by atoms with E-state index in [0.29, 0.717) is 5.56 Å². The van der Waals surface area contributed by atoms with Crippen molar-refractivity contribution in [2.45, 2.75) is 12.8 Å². The van der Waals surface area contributed by atoms with Crippen molar-refractivity contribution in [3.63, 3.8) is 0 Å². The van der Waals surface area contributed by atoms with E-state index in [-0.39, 0.29) is 22.7 Å². The van der Waals surface area contributed by atoms with E-state index in [1.165, 1.54) is 23.5 Å². The van der Waals surface area contributed by atoms with Crippen molar-refractivity contribution in [2.24, 2.45) is 0 Å². The Labute approximate surface area is 222 Å². The van der Waals surface area contributed by atoms with Gasteiger partial charge in [-0.1, -0.05) is 97.1 Å². The Morgan fingerprint density at radius 2 is 1.32 bits per heavy atom. The molecule has 5 rings (SSSR count). The molecule has 190 valence electrons. The lowest BCUT2D eigenvalue weighted by Gasteiger charge is -2.12. The number of nitrogen functional groups attached to an aromatic ring is 1. The standard InChI is InChI=1S/C31H22F3NO2S/c32-31(33,34)25-13-7-8-20(18-25)19-37-30(36)27-26(28(38-29(27)35)24-11-5-2-6-12-24)23-16-14-22(15-17-23)21-9-3-1-4-10-21/h1-18H,19,35H2. The summed E-state index contributed by atoms with van der Waals surface area (Å²) in [5, 5.41) is 0.278. The summed E-state index contributed by atoms with van der Waals surface area (Å²) in [5.41, 5.74) is 10.4. The van der Waals surface area contributed by atoms with Crippen molar-refractivity contribution in [1.29, 1.82) is 0 Å². The van der Waals surface area contributed by atoms with Crippen LogP contribution in [0.5, 0.6) is 0 Å². The normalized spacial score (nSPS) is 11.3. The third-order valence-electron chi connectivity index (χ3n) is 6.08. The number of thiophene rings is 1. The number of benzene rings is 4. The minimum atomic E-state index is -4.48. The topological polar surface area (TPSA) is 52.3 Å². The quantitative estimate of drug-likeness (QED) is 0.224. The molecule has 0 atom stereocenters. The molecule has 0 amide bonds. The molecule has 0 saturated heterocycles. The monoisotopic (exact) mass is 529 g/mol. The fourth-order valence-electron chi connectivity index (χ4n) is 4.24. The molecular formula is C31H22F3NO2S. The van der Waals surface area contributed by atoms with Gasteiger partial charge in [-0.2, -0.15) is 13.2 Å². The number of hydrogen-bond donors (Lipinski definition) is 1. The molecule has 0 radical (unpaired) electrons. The van der Waals surface area contributed by atoms with E-state index in [4.69, 9.17) is 10.5 Å². The number of hydrogen-bond acceptors (Lipinski definition) is 4. The molecule has 7 heteroatoms. The number of ether oxygens (including phenoxy) is 1. The zero-order valence-corrected chi connectivity index (χ0v) is 20.9. The fraction of sp³-hybridized carbons (Fsp3) is 0.0645. The summed E-state index contributed by atoms with van der Waals surface area (Å²) < 4.78 is 44.8. The molecular weight excluding hydrogens is 507 g/mol. The van der Waals surface area contributed by atoms with E-state index < -0.39 is 17.7 Å². The number of anilines is 1. The van der Waals surface area contributed by atoms with Crippen LogP contribution >= 0.6 is 11.3 Å². The average Bonchev–Trinajstić information content (AvgIpc) is 3.29. The average molecular weight is 530 g/mol. The maximum atomic E-state index is 13.3. The van der Waals surface area contributed by atoms with Crippen molar-refractivity contribution in [2.75, 3.05) is 5.73 Å². The molecule has 2 N–H and O–H groups in total. The Kier molecular flexibility index (Phi) is 7.03. The van der Waals surface area contributed by atoms with Crippen LogP contribution in [-0.4, -0.2) is 5.97 Å². The predicted octanol–water partition coefficient (Wildman–Crippen LogP) is 8.71. The molecule has 0 bridgehead atoms. The Morgan fingerprint density at radius 3 is 1.95 bits per heavy atom. The Morgan fingerprint density at radius 1 is 0.737 bits per heavy atom. The Hall–Kier alpha value is -4.36. The maximum Gasteiger partial charge on any atom is 0.416 e. The van der Waals surface area contributed by atoms with Gasteiger partial charge in [0.05, 0.1) is 5.56 Å². The van der Waals surface area contributed by atoms with Gasteiger partial charge in [-0.3, -0.25) is 0 Å². The molecule has 0 aliphatic rings. The first kappa shape index (κ1) is 25.3. The SMILES string of the molecule is Nc1sc(-c2ccccc2)c(-c2ccc(-c3ccccc3)cc2)c1C(=O)OCc1cccc(C(F)(F)F)c1. The van der Waals surface area contributed by atoms with Gasteiger partial charge in [0.2, 0.25) is 0 Å². The van der Waals surface area contributed by atoms with Gasteiger partial charge in [-0.05, 0) is 39.9 Å². The summed E-state index contributed by atoms with van der Waals surface area (Å²) in [7, 11) is 0. The van der Waals surface area contributed by atoms with Gasteiger partial charge in [0.25, 0.3) is 0 Å². The third-order valence-corrected chi connectivity index (χ3v) is 7.15. The van der Waals surface area contributed by atoms with Crippen molar-refractivity contribution in [3.05, 3.63) is 126 Å². The number of rotatable bonds is 6. The lowest BCUT2D eigenvalue weighted by molar-refractivity contribution is -0.137. The molecule has 0 saturated carbocycles. The summed E-state index contributed by atoms with van der Waals surface area (Å²) >= 11 is 1.27. The van der Waals surface area contributed by atoms with Crippen LogP contribution in [0.4, 0.5) is 18.2 Å². The van der Waals surface area contributed by atoms with Gasteiger partial charge in [0.1, 0.15) is 17.2 Å². The van der Waals surface area contributed by atoms with Crippen LogP contribution in [0.2, 0.25) is 0 Å². The van der Waals surface area contributed by atoms with Gasteiger partial charge in [0.15, 0.2) is 0 Å². The van der Waals surface area contributed by atoms with Gasteiger partial charge < -0.3 is 10.5 Å². The van der Waals surface area contributed by atoms with Crippen LogP contribution in [-0.2, 0) is 17.5 Å². The highest BCUT2D eigenvalue weighted by molar-refractivity contribution is 7.20. The number of alkyl halides is 3. The first-order valence-electron chi connectivity index (χ1n) is 11.8. The van der Waals surface area contributed by atoms with E-state index in [1.807, 2.05) is 84.9 Å². The minimum Gasteiger partial charge on any atom is -0.457 e. The fourth-order valence-corrected chi connectivity index (χ4v) is 5.32. The number of esters is 1. The van der Waals surface area contributed by atoms with Crippen molar-refractivity contribution in [3.8, 4) is 32.7 Å². The van der Waals surface area contributed by atoms with E-state index in [2.05, 4.69) is 0 Å². The number of carbonyl (C=O) groups excluding carboxylic acids is 1. The van der Waals surface area contributed by atoms with Crippen molar-refractivity contribution in [1.82, 2.24) is 0 Å². The highest BCUT2D eigenvalue weighted by Crippen LogP contribution is 2.45. The van der Waals surface area contributed by atoms with Gasteiger partial charge >= 0.3 is 12.1 Å². The molecule has 5 aromatic rings. The predicted molar refractivity (Wildman–Crippen MR) is 146 cm³/mol. The molecule has 4 aromatic carbocycles. The summed E-state index contributed by atoms with van der Waals surface area (Å²) in [6.07, 6.45) is -4.48. The van der Waals surface area contributed by atoms with Crippen LogP contribution in [0.3, 0.4) is 0 Å². The molecule has 1 aromatic heterocycles. The van der Waals surface area contributed by atoms with E-state index in [1.54, 1.807) is 0 Å². The van der Waals surface area contributed by atoms with E-state index in [0.717, 1.165) is 39.3 Å². The molecule has 0 aliphatic carbocycles. The van der Waals surface area contributed by atoms with Crippen LogP contribution < -0.4 is 5.73 Å². The van der Waals surface area contributed by atoms with Gasteiger partial charge in [-0.25, -0.2) is 4.79 Å². The Bertz CT molecular complexity index is 1560. The third kappa shape index (κ3) is 5.33. The van der Waals surface area contributed by atoms with Crippen LogP contribution in [0.15, 0.2) is 109 Å². The van der Waals surface area contributed by atoms with Crippen molar-refractivity contribution >= 4 is 22.3 Å². The zero-order valence-electron chi connectivity index (χ0n) is 20.0.